The molecule has 5 heterocycles. The maximum atomic E-state index is 4.50. The molecule has 1 unspecified atom stereocenters. The predicted molar refractivity (Wildman–Crippen MR) is 450 cm³/mol. The van der Waals surface area contributed by atoms with Crippen molar-refractivity contribution in [2.75, 3.05) is 29.4 Å². The van der Waals surface area contributed by atoms with Crippen LogP contribution in [0.15, 0.2) is 290 Å². The Morgan fingerprint density at radius 3 is 1.24 bits per heavy atom. The molecule has 7 aliphatic rings. The molecule has 7 nitrogen and oxygen atoms in total. The minimum atomic E-state index is -0.369. The predicted octanol–water partition coefficient (Wildman–Crippen LogP) is 21.5. The molecule has 12 aromatic rings. The molecule has 0 spiro atoms. The molecule has 0 bridgehead atoms. The van der Waals surface area contributed by atoms with E-state index in [9.17, 15) is 0 Å². The molecule has 19 rings (SSSR count). The van der Waals surface area contributed by atoms with Crippen molar-refractivity contribution in [2.45, 2.75) is 137 Å². The van der Waals surface area contributed by atoms with Gasteiger partial charge in [-0.3, -0.25) is 4.90 Å². The van der Waals surface area contributed by atoms with E-state index in [4.69, 9.17) is 0 Å². The van der Waals surface area contributed by atoms with Gasteiger partial charge < -0.3 is 29.8 Å². The summed E-state index contributed by atoms with van der Waals surface area (Å²) in [5.74, 6) is 1.06. The second-order valence-corrected chi connectivity index (χ2v) is 33.6. The van der Waals surface area contributed by atoms with Gasteiger partial charge in [0.05, 0.1) is 5.69 Å². The van der Waals surface area contributed by atoms with Crippen LogP contribution in [0.25, 0.3) is 0 Å². The SMILES string of the molecule is Cc1ccccc1N(c1cc2c3c(c1)N(c1ccccc1)c1cc4c(cc1B3c1ccccc1N2c1ccc2c(c1)C(C)(C)CCC2(C)C)B1C2=C(NC(N(c3ccccc3C)c3ccccc3C)C=C2N(c2ccc3c(c2)C(C)(C)CCC3(C)C)c2ccccc21)N4c1ccccc1)c1ccccc1C. The number of para-hydroxylation sites is 8. The van der Waals surface area contributed by atoms with Crippen LogP contribution in [0.4, 0.5) is 85.3 Å². The summed E-state index contributed by atoms with van der Waals surface area (Å²) in [6.45, 7) is 28.3. The Morgan fingerprint density at radius 2 is 0.726 bits per heavy atom. The van der Waals surface area contributed by atoms with Gasteiger partial charge in [0.1, 0.15) is 12.0 Å². The number of aryl methyl sites for hydroxylation is 4. The summed E-state index contributed by atoms with van der Waals surface area (Å²) in [4.78, 5) is 15.6. The van der Waals surface area contributed by atoms with Gasteiger partial charge in [-0.2, -0.15) is 0 Å². The van der Waals surface area contributed by atoms with Crippen LogP contribution in [0.1, 0.15) is 126 Å². The first-order valence-corrected chi connectivity index (χ1v) is 38.4. The van der Waals surface area contributed by atoms with Crippen LogP contribution < -0.4 is 62.0 Å². The van der Waals surface area contributed by atoms with Crippen molar-refractivity contribution < 1.29 is 0 Å². The molecule has 0 fully saturated rings. The Bertz CT molecular complexity index is 5580. The Morgan fingerprint density at radius 1 is 0.330 bits per heavy atom. The lowest BCUT2D eigenvalue weighted by atomic mass is 9.30. The van der Waals surface area contributed by atoms with Crippen LogP contribution in [-0.4, -0.2) is 19.6 Å². The summed E-state index contributed by atoms with van der Waals surface area (Å²) in [7, 11) is 0. The molecule has 0 saturated carbocycles. The van der Waals surface area contributed by atoms with Gasteiger partial charge in [-0.1, -0.05) is 219 Å². The van der Waals surface area contributed by atoms with Crippen molar-refractivity contribution in [1.82, 2.24) is 5.32 Å². The number of hydrogen-bond donors (Lipinski definition) is 1. The summed E-state index contributed by atoms with van der Waals surface area (Å²) in [5.41, 5.74) is 36.6. The van der Waals surface area contributed by atoms with Crippen molar-refractivity contribution in [2.24, 2.45) is 0 Å². The van der Waals surface area contributed by atoms with Crippen molar-refractivity contribution in [3.63, 3.8) is 0 Å². The monoisotopic (exact) mass is 1380 g/mol. The largest absolute Gasteiger partial charge is 0.348 e. The Hall–Kier alpha value is -11.2. The van der Waals surface area contributed by atoms with Gasteiger partial charge in [-0.15, -0.1) is 0 Å². The van der Waals surface area contributed by atoms with E-state index in [1.807, 2.05) is 0 Å². The number of hydrogen-bond acceptors (Lipinski definition) is 7. The molecule has 12 aromatic carbocycles. The van der Waals surface area contributed by atoms with Crippen LogP contribution >= 0.6 is 0 Å². The molecule has 0 amide bonds. The highest BCUT2D eigenvalue weighted by atomic mass is 15.4. The third kappa shape index (κ3) is 10.1. The quantitative estimate of drug-likeness (QED) is 0.137. The zero-order valence-corrected chi connectivity index (χ0v) is 63.2. The lowest BCUT2D eigenvalue weighted by Gasteiger charge is -2.51. The van der Waals surface area contributed by atoms with Crippen molar-refractivity contribution in [3.8, 4) is 0 Å². The van der Waals surface area contributed by atoms with Gasteiger partial charge in [0.15, 0.2) is 0 Å². The van der Waals surface area contributed by atoms with Gasteiger partial charge in [-0.05, 0) is 262 Å². The molecule has 0 saturated heterocycles. The van der Waals surface area contributed by atoms with E-state index in [2.05, 4.69) is 391 Å². The second-order valence-electron chi connectivity index (χ2n) is 33.6. The number of allylic oxidation sites excluding steroid dienone is 1. The maximum absolute atomic E-state index is 4.50. The summed E-state index contributed by atoms with van der Waals surface area (Å²) in [6, 6.07) is 102. The number of rotatable bonds is 10. The fourth-order valence-corrected chi connectivity index (χ4v) is 19.4. The average Bonchev–Trinajstić information content (AvgIpc) is 0.682. The van der Waals surface area contributed by atoms with E-state index in [0.29, 0.717) is 0 Å². The first kappa shape index (κ1) is 65.6. The highest BCUT2D eigenvalue weighted by Crippen LogP contribution is 2.56. The van der Waals surface area contributed by atoms with Crippen LogP contribution in [0, 0.1) is 27.7 Å². The molecule has 9 heteroatoms. The van der Waals surface area contributed by atoms with Gasteiger partial charge in [0, 0.05) is 85.3 Å². The molecule has 106 heavy (non-hydrogen) atoms. The van der Waals surface area contributed by atoms with Gasteiger partial charge in [-0.25, -0.2) is 0 Å². The summed E-state index contributed by atoms with van der Waals surface area (Å²) in [5, 5.41) is 4.50. The highest BCUT2D eigenvalue weighted by molar-refractivity contribution is 7.01. The standard InChI is InChI=1S/C97H91B2N7/c1-62-31-19-25-41-79(62)104(80-42-26-20-32-63(80)2)70-57-87-91-88(58-70)102(68-47-49-71-73(55-68)96(9,10)53-51-94(71,5)6)83-45-29-23-39-75(83)98(91)77-59-78-86(60-85(77)101(87)66-35-15-13-16-36-66)105(67-37-17-14-18-38-67)93-92-89(61-90(100-93)106(81-43-27-21-33-64(81)3)82-44-28-22-34-65(82)4)103(84-46-30-24-40-76(84)99(78)92)69-48-50-72-74(56-69)97(11,12)54-52-95(72,7)8/h13-50,55-61,90,100H,51-54H2,1-12H3. The van der Waals surface area contributed by atoms with E-state index in [1.165, 1.54) is 111 Å². The van der Waals surface area contributed by atoms with Crippen molar-refractivity contribution in [1.29, 1.82) is 0 Å². The van der Waals surface area contributed by atoms with Crippen LogP contribution in [-0.2, 0) is 21.7 Å². The lowest BCUT2D eigenvalue weighted by Crippen LogP contribution is -2.65. The fourth-order valence-electron chi connectivity index (χ4n) is 19.4. The van der Waals surface area contributed by atoms with Crippen molar-refractivity contribution in [3.05, 3.63) is 334 Å². The first-order chi connectivity index (χ1) is 51.2. The second kappa shape index (κ2) is 24.2. The molecular weight excluding hydrogens is 1280 g/mol. The molecule has 0 aromatic heterocycles. The minimum absolute atomic E-state index is 0.0218. The number of benzene rings is 12. The molecule has 1 N–H and O–H groups in total. The Labute approximate surface area is 628 Å². The van der Waals surface area contributed by atoms with E-state index >= 15 is 0 Å². The normalized spacial score (nSPS) is 17.7. The maximum Gasteiger partial charge on any atom is 0.254 e. The first-order valence-electron chi connectivity index (χ1n) is 38.4. The van der Waals surface area contributed by atoms with E-state index in [0.717, 1.165) is 88.4 Å². The van der Waals surface area contributed by atoms with Crippen LogP contribution in [0.3, 0.4) is 0 Å². The topological polar surface area (TPSA) is 31.5 Å². The number of nitrogens with zero attached hydrogens (tertiary/aromatic N) is 6. The number of nitrogens with one attached hydrogen (secondary N) is 1. The number of dihydropyridines is 1. The van der Waals surface area contributed by atoms with Gasteiger partial charge in [0.2, 0.25) is 0 Å². The molecular formula is C97H91B2N7. The van der Waals surface area contributed by atoms with E-state index in [-0.39, 0.29) is 41.3 Å². The third-order valence-corrected chi connectivity index (χ3v) is 25.3. The average molecular weight is 1380 g/mol. The van der Waals surface area contributed by atoms with Crippen LogP contribution in [0.2, 0.25) is 0 Å². The molecule has 1 atom stereocenters. The van der Waals surface area contributed by atoms with Gasteiger partial charge >= 0.3 is 0 Å². The molecule has 520 valence electrons. The lowest BCUT2D eigenvalue weighted by molar-refractivity contribution is 0.332. The molecule has 0 radical (unpaired) electrons. The number of anilines is 15. The minimum Gasteiger partial charge on any atom is -0.348 e. The third-order valence-electron chi connectivity index (χ3n) is 25.3. The Kier molecular flexibility index (Phi) is 15.0. The van der Waals surface area contributed by atoms with Gasteiger partial charge in [0.25, 0.3) is 13.4 Å². The zero-order chi connectivity index (χ0) is 72.4. The zero-order valence-electron chi connectivity index (χ0n) is 63.2. The summed E-state index contributed by atoms with van der Waals surface area (Å²) < 4.78 is 0. The smallest absolute Gasteiger partial charge is 0.254 e. The number of fused-ring (bicyclic) bond motifs is 10. The highest BCUT2D eigenvalue weighted by Gasteiger charge is 2.52. The van der Waals surface area contributed by atoms with E-state index < -0.39 is 0 Å². The fraction of sp³-hybridized carbons (Fsp3) is 0.216. The van der Waals surface area contributed by atoms with Crippen LogP contribution in [0.5, 0.6) is 0 Å². The summed E-state index contributed by atoms with van der Waals surface area (Å²) >= 11 is 0. The summed E-state index contributed by atoms with van der Waals surface area (Å²) in [6.07, 6.45) is 6.74. The van der Waals surface area contributed by atoms with Crippen molar-refractivity contribution >= 4 is 126 Å². The molecule has 5 aliphatic heterocycles. The molecule has 2 aliphatic carbocycles. The van der Waals surface area contributed by atoms with E-state index in [1.54, 1.807) is 0 Å². The Balaban J connectivity index is 0.920.